The van der Waals surface area contributed by atoms with Crippen molar-refractivity contribution in [3.8, 4) is 0 Å². The van der Waals surface area contributed by atoms with E-state index in [0.29, 0.717) is 16.8 Å². The monoisotopic (exact) mass is 315 g/mol. The van der Waals surface area contributed by atoms with Crippen molar-refractivity contribution in [2.75, 3.05) is 13.1 Å². The van der Waals surface area contributed by atoms with Crippen molar-refractivity contribution in [3.63, 3.8) is 0 Å². The number of aryl methyl sites for hydroxylation is 1. The fourth-order valence-electron chi connectivity index (χ4n) is 2.66. The maximum atomic E-state index is 12.7. The van der Waals surface area contributed by atoms with Crippen LogP contribution in [-0.4, -0.2) is 42.9 Å². The first-order valence-corrected chi connectivity index (χ1v) is 9.50. The van der Waals surface area contributed by atoms with Crippen molar-refractivity contribution in [2.24, 2.45) is 0 Å². The highest BCUT2D eigenvalue weighted by Crippen LogP contribution is 2.28. The molecule has 0 aromatic carbocycles. The Kier molecular flexibility index (Phi) is 4.12. The smallest absolute Gasteiger partial charge is 0.254 e. The van der Waals surface area contributed by atoms with Crippen LogP contribution < -0.4 is 5.32 Å². The Hall–Kier alpha value is -0.500. The van der Waals surface area contributed by atoms with Gasteiger partial charge in [0.1, 0.15) is 0 Å². The van der Waals surface area contributed by atoms with E-state index >= 15 is 0 Å². The van der Waals surface area contributed by atoms with E-state index in [2.05, 4.69) is 10.3 Å². The van der Waals surface area contributed by atoms with Gasteiger partial charge in [0.05, 0.1) is 11.2 Å². The molecule has 1 saturated heterocycles. The molecule has 2 heterocycles. The van der Waals surface area contributed by atoms with Crippen molar-refractivity contribution in [1.82, 2.24) is 14.6 Å². The fraction of sp³-hybridized carbons (Fsp3) is 0.769. The van der Waals surface area contributed by atoms with E-state index in [-0.39, 0.29) is 6.04 Å². The molecule has 1 aliphatic heterocycles. The van der Waals surface area contributed by atoms with Crippen LogP contribution in [0.15, 0.2) is 10.4 Å². The second kappa shape index (κ2) is 5.71. The van der Waals surface area contributed by atoms with Gasteiger partial charge in [-0.3, -0.25) is 0 Å². The summed E-state index contributed by atoms with van der Waals surface area (Å²) in [5.74, 6) is 0. The van der Waals surface area contributed by atoms with E-state index in [1.54, 1.807) is 4.31 Å². The lowest BCUT2D eigenvalue weighted by atomic mass is 10.1. The lowest BCUT2D eigenvalue weighted by molar-refractivity contribution is 0.245. The van der Waals surface area contributed by atoms with Gasteiger partial charge >= 0.3 is 0 Å². The molecule has 1 atom stereocenters. The standard InChI is InChI=1S/C13H21N3O2S2/c1-10-14-9-13(19-10)20(17,18)16-7-3-2-4-12(16)8-15-11-5-6-11/h9,11-12,15H,2-8H2,1H3. The Balaban J connectivity index is 1.77. The average molecular weight is 315 g/mol. The van der Waals surface area contributed by atoms with Gasteiger partial charge in [0.2, 0.25) is 0 Å². The van der Waals surface area contributed by atoms with Crippen LogP contribution in [0.3, 0.4) is 0 Å². The predicted octanol–water partition coefficient (Wildman–Crippen LogP) is 1.75. The molecule has 2 aliphatic rings. The maximum Gasteiger partial charge on any atom is 0.254 e. The molecule has 7 heteroatoms. The van der Waals surface area contributed by atoms with Gasteiger partial charge in [0.25, 0.3) is 10.0 Å². The Morgan fingerprint density at radius 1 is 1.40 bits per heavy atom. The summed E-state index contributed by atoms with van der Waals surface area (Å²) in [7, 11) is -3.37. The van der Waals surface area contributed by atoms with Gasteiger partial charge in [0.15, 0.2) is 4.21 Å². The molecule has 1 unspecified atom stereocenters. The number of nitrogens with zero attached hydrogens (tertiary/aromatic N) is 2. The average Bonchev–Trinajstić information content (AvgIpc) is 3.16. The highest BCUT2D eigenvalue weighted by molar-refractivity contribution is 7.91. The quantitative estimate of drug-likeness (QED) is 0.899. The second-order valence-corrected chi connectivity index (χ2v) is 9.00. The zero-order valence-corrected chi connectivity index (χ0v) is 13.3. The molecule has 20 heavy (non-hydrogen) atoms. The number of aromatic nitrogens is 1. The van der Waals surface area contributed by atoms with Crippen molar-refractivity contribution >= 4 is 21.4 Å². The number of sulfonamides is 1. The molecule has 2 fully saturated rings. The summed E-state index contributed by atoms with van der Waals surface area (Å²) in [6.07, 6.45) is 6.98. The molecule has 0 amide bonds. The first-order valence-electron chi connectivity index (χ1n) is 7.25. The Bertz CT molecular complexity index is 566. The predicted molar refractivity (Wildman–Crippen MR) is 79.4 cm³/mol. The summed E-state index contributed by atoms with van der Waals surface area (Å²) < 4.78 is 27.6. The largest absolute Gasteiger partial charge is 0.312 e. The van der Waals surface area contributed by atoms with Crippen LogP contribution in [0.25, 0.3) is 0 Å². The molecule has 1 N–H and O–H groups in total. The number of hydrogen-bond donors (Lipinski definition) is 1. The van der Waals surface area contributed by atoms with E-state index in [4.69, 9.17) is 0 Å². The molecule has 112 valence electrons. The highest BCUT2D eigenvalue weighted by Gasteiger charge is 2.35. The molecule has 0 bridgehead atoms. The first-order chi connectivity index (χ1) is 9.57. The van der Waals surface area contributed by atoms with Crippen molar-refractivity contribution in [1.29, 1.82) is 0 Å². The van der Waals surface area contributed by atoms with Gasteiger partial charge in [0, 0.05) is 25.2 Å². The zero-order chi connectivity index (χ0) is 14.2. The van der Waals surface area contributed by atoms with Crippen molar-refractivity contribution in [3.05, 3.63) is 11.2 Å². The summed E-state index contributed by atoms with van der Waals surface area (Å²) in [4.78, 5) is 4.08. The van der Waals surface area contributed by atoms with E-state index in [1.807, 2.05) is 6.92 Å². The minimum absolute atomic E-state index is 0.0942. The van der Waals surface area contributed by atoms with Gasteiger partial charge in [-0.15, -0.1) is 11.3 Å². The number of piperidine rings is 1. The highest BCUT2D eigenvalue weighted by atomic mass is 32.2. The molecule has 1 aliphatic carbocycles. The van der Waals surface area contributed by atoms with Crippen LogP contribution >= 0.6 is 11.3 Å². The second-order valence-electron chi connectivity index (χ2n) is 5.65. The molecular weight excluding hydrogens is 294 g/mol. The van der Waals surface area contributed by atoms with Crippen LogP contribution in [0, 0.1) is 6.92 Å². The zero-order valence-electron chi connectivity index (χ0n) is 11.7. The number of nitrogens with one attached hydrogen (secondary N) is 1. The molecule has 0 radical (unpaired) electrons. The topological polar surface area (TPSA) is 62.3 Å². The van der Waals surface area contributed by atoms with Crippen molar-refractivity contribution < 1.29 is 8.42 Å². The lowest BCUT2D eigenvalue weighted by Crippen LogP contribution is -2.48. The SMILES string of the molecule is Cc1ncc(S(=O)(=O)N2CCCCC2CNC2CC2)s1. The van der Waals surface area contributed by atoms with Crippen LogP contribution in [0.5, 0.6) is 0 Å². The van der Waals surface area contributed by atoms with E-state index in [0.717, 1.165) is 30.8 Å². The number of thiazole rings is 1. The lowest BCUT2D eigenvalue weighted by Gasteiger charge is -2.34. The molecule has 1 aromatic rings. The van der Waals surface area contributed by atoms with Gasteiger partial charge < -0.3 is 5.32 Å². The molecule has 0 spiro atoms. The normalized spacial score (nSPS) is 24.9. The molecule has 3 rings (SSSR count). The van der Waals surface area contributed by atoms with E-state index in [9.17, 15) is 8.42 Å². The number of rotatable bonds is 5. The van der Waals surface area contributed by atoms with Crippen LogP contribution in [0.4, 0.5) is 0 Å². The molecule has 1 saturated carbocycles. The third-order valence-corrected chi connectivity index (χ3v) is 7.26. The first kappa shape index (κ1) is 14.4. The molecule has 5 nitrogen and oxygen atoms in total. The summed E-state index contributed by atoms with van der Waals surface area (Å²) in [6, 6.07) is 0.712. The Morgan fingerprint density at radius 3 is 2.85 bits per heavy atom. The third-order valence-electron chi connectivity index (χ3n) is 3.96. The summed E-state index contributed by atoms with van der Waals surface area (Å²) in [5.41, 5.74) is 0. The van der Waals surface area contributed by atoms with Gasteiger partial charge in [-0.25, -0.2) is 13.4 Å². The minimum Gasteiger partial charge on any atom is -0.312 e. The number of hydrogen-bond acceptors (Lipinski definition) is 5. The van der Waals surface area contributed by atoms with Crippen LogP contribution in [0.1, 0.15) is 37.1 Å². The summed E-state index contributed by atoms with van der Waals surface area (Å²) in [6.45, 7) is 3.25. The van der Waals surface area contributed by atoms with Crippen LogP contribution in [-0.2, 0) is 10.0 Å². The van der Waals surface area contributed by atoms with Gasteiger partial charge in [-0.1, -0.05) is 6.42 Å². The Morgan fingerprint density at radius 2 is 2.20 bits per heavy atom. The maximum absolute atomic E-state index is 12.7. The Labute approximate surface area is 124 Å². The van der Waals surface area contributed by atoms with E-state index < -0.39 is 10.0 Å². The molecular formula is C13H21N3O2S2. The van der Waals surface area contributed by atoms with Gasteiger partial charge in [-0.05, 0) is 32.6 Å². The fourth-order valence-corrected chi connectivity index (χ4v) is 5.59. The van der Waals surface area contributed by atoms with E-state index in [1.165, 1.54) is 30.4 Å². The van der Waals surface area contributed by atoms with Crippen LogP contribution in [0.2, 0.25) is 0 Å². The molecule has 1 aromatic heterocycles. The minimum atomic E-state index is -3.37. The van der Waals surface area contributed by atoms with Gasteiger partial charge in [-0.2, -0.15) is 4.31 Å². The summed E-state index contributed by atoms with van der Waals surface area (Å²) >= 11 is 1.27. The summed E-state index contributed by atoms with van der Waals surface area (Å²) in [5, 5.41) is 4.27. The van der Waals surface area contributed by atoms with Crippen molar-refractivity contribution in [2.45, 2.75) is 55.3 Å². The third kappa shape index (κ3) is 3.05.